The van der Waals surface area contributed by atoms with Gasteiger partial charge in [0, 0.05) is 38.3 Å². The summed E-state index contributed by atoms with van der Waals surface area (Å²) in [5, 5.41) is 11.3. The topological polar surface area (TPSA) is 36.1 Å². The molecule has 3 nitrogen and oxygen atoms in total. The molecule has 3 N–H and O–H groups in total. The molecule has 0 aromatic rings. The Bertz CT molecular complexity index is 314. The summed E-state index contributed by atoms with van der Waals surface area (Å²) in [6.07, 6.45) is 5.54. The standard InChI is InChI=1S/C22H45N3/c1-15-11-17(3)21(18(4)12-15)24-9-7-23-8-10-25-22-19(5)13-16(2)14-20(22)6/h15-25H,7-14H2,1-6H3. The molecule has 2 saturated carbocycles. The SMILES string of the molecule is CC1CC(C)C(NCCNCCNC2C(C)CC(C)CC2C)C(C)C1. The Labute approximate surface area is 157 Å². The molecule has 0 aliphatic heterocycles. The van der Waals surface area contributed by atoms with Crippen molar-refractivity contribution in [1.82, 2.24) is 16.0 Å². The summed E-state index contributed by atoms with van der Waals surface area (Å²) in [7, 11) is 0. The maximum atomic E-state index is 3.82. The highest BCUT2D eigenvalue weighted by Gasteiger charge is 2.31. The van der Waals surface area contributed by atoms with Crippen LogP contribution in [0.2, 0.25) is 0 Å². The van der Waals surface area contributed by atoms with Crippen molar-refractivity contribution in [3.8, 4) is 0 Å². The molecule has 0 saturated heterocycles. The van der Waals surface area contributed by atoms with Crippen molar-refractivity contribution in [2.45, 2.75) is 79.3 Å². The van der Waals surface area contributed by atoms with E-state index in [1.54, 1.807) is 0 Å². The first-order chi connectivity index (χ1) is 11.9. The lowest BCUT2D eigenvalue weighted by Crippen LogP contribution is -2.48. The van der Waals surface area contributed by atoms with Gasteiger partial charge in [0.1, 0.15) is 0 Å². The summed E-state index contributed by atoms with van der Waals surface area (Å²) in [4.78, 5) is 0. The van der Waals surface area contributed by atoms with Gasteiger partial charge in [-0.25, -0.2) is 0 Å². The van der Waals surface area contributed by atoms with E-state index in [2.05, 4.69) is 57.5 Å². The van der Waals surface area contributed by atoms with Gasteiger partial charge in [-0.15, -0.1) is 0 Å². The van der Waals surface area contributed by atoms with Gasteiger partial charge in [-0.05, 0) is 61.2 Å². The second-order valence-electron chi connectivity index (χ2n) is 9.77. The molecule has 0 heterocycles. The van der Waals surface area contributed by atoms with Gasteiger partial charge >= 0.3 is 0 Å². The highest BCUT2D eigenvalue weighted by atomic mass is 15.0. The minimum absolute atomic E-state index is 0.710. The van der Waals surface area contributed by atoms with Crippen LogP contribution in [0, 0.1) is 35.5 Å². The van der Waals surface area contributed by atoms with E-state index >= 15 is 0 Å². The Balaban J connectivity index is 1.53. The normalized spacial score (nSPS) is 42.5. The molecule has 0 amide bonds. The lowest BCUT2D eigenvalue weighted by molar-refractivity contribution is 0.162. The minimum atomic E-state index is 0.710. The van der Waals surface area contributed by atoms with E-state index in [9.17, 15) is 0 Å². The van der Waals surface area contributed by atoms with Crippen LogP contribution < -0.4 is 16.0 Å². The Hall–Kier alpha value is -0.120. The van der Waals surface area contributed by atoms with Crippen molar-refractivity contribution in [3.05, 3.63) is 0 Å². The van der Waals surface area contributed by atoms with Crippen LogP contribution in [0.25, 0.3) is 0 Å². The highest BCUT2D eigenvalue weighted by molar-refractivity contribution is 4.87. The van der Waals surface area contributed by atoms with Gasteiger partial charge in [0.25, 0.3) is 0 Å². The van der Waals surface area contributed by atoms with Crippen molar-refractivity contribution in [2.75, 3.05) is 26.2 Å². The fourth-order valence-electron chi connectivity index (χ4n) is 6.02. The quantitative estimate of drug-likeness (QED) is 0.581. The summed E-state index contributed by atoms with van der Waals surface area (Å²) in [6, 6.07) is 1.42. The number of hydrogen-bond acceptors (Lipinski definition) is 3. The fraction of sp³-hybridized carbons (Fsp3) is 1.00. The molecular weight excluding hydrogens is 306 g/mol. The third-order valence-electron chi connectivity index (χ3n) is 6.91. The van der Waals surface area contributed by atoms with Crippen LogP contribution in [0.4, 0.5) is 0 Å². The Morgan fingerprint density at radius 3 is 1.16 bits per heavy atom. The van der Waals surface area contributed by atoms with Crippen molar-refractivity contribution in [1.29, 1.82) is 0 Å². The first kappa shape index (κ1) is 21.2. The Kier molecular flexibility index (Phi) is 8.71. The van der Waals surface area contributed by atoms with Gasteiger partial charge in [-0.2, -0.15) is 0 Å². The molecule has 4 atom stereocenters. The average Bonchev–Trinajstić information content (AvgIpc) is 2.50. The predicted molar refractivity (Wildman–Crippen MR) is 110 cm³/mol. The second kappa shape index (κ2) is 10.3. The summed E-state index contributed by atoms with van der Waals surface area (Å²) in [5.74, 6) is 5.07. The molecule has 0 spiro atoms. The Morgan fingerprint density at radius 2 is 0.840 bits per heavy atom. The van der Waals surface area contributed by atoms with Gasteiger partial charge in [0.15, 0.2) is 0 Å². The maximum absolute atomic E-state index is 3.82. The highest BCUT2D eigenvalue weighted by Crippen LogP contribution is 2.33. The van der Waals surface area contributed by atoms with E-state index in [1.165, 1.54) is 25.7 Å². The van der Waals surface area contributed by atoms with Crippen molar-refractivity contribution < 1.29 is 0 Å². The van der Waals surface area contributed by atoms with Gasteiger partial charge < -0.3 is 16.0 Å². The Morgan fingerprint density at radius 1 is 0.520 bits per heavy atom. The monoisotopic (exact) mass is 351 g/mol. The molecule has 148 valence electrons. The molecule has 2 aliphatic rings. The van der Waals surface area contributed by atoms with Crippen molar-refractivity contribution in [3.63, 3.8) is 0 Å². The molecule has 2 fully saturated rings. The fourth-order valence-corrected chi connectivity index (χ4v) is 6.02. The molecule has 0 bridgehead atoms. The molecule has 0 aromatic heterocycles. The smallest absolute Gasteiger partial charge is 0.0119 e. The van der Waals surface area contributed by atoms with E-state index in [0.29, 0.717) is 12.1 Å². The summed E-state index contributed by atoms with van der Waals surface area (Å²) < 4.78 is 0. The van der Waals surface area contributed by atoms with E-state index < -0.39 is 0 Å². The molecule has 0 radical (unpaired) electrons. The van der Waals surface area contributed by atoms with Crippen LogP contribution in [0.3, 0.4) is 0 Å². The number of nitrogens with one attached hydrogen (secondary N) is 3. The predicted octanol–water partition coefficient (Wildman–Crippen LogP) is 3.90. The summed E-state index contributed by atoms with van der Waals surface area (Å²) >= 11 is 0. The maximum Gasteiger partial charge on any atom is 0.0119 e. The molecule has 2 aliphatic carbocycles. The van der Waals surface area contributed by atoms with E-state index in [1.807, 2.05) is 0 Å². The molecule has 3 heteroatoms. The van der Waals surface area contributed by atoms with Gasteiger partial charge in [0.05, 0.1) is 0 Å². The van der Waals surface area contributed by atoms with Crippen LogP contribution in [0.1, 0.15) is 67.2 Å². The molecule has 4 unspecified atom stereocenters. The lowest BCUT2D eigenvalue weighted by Gasteiger charge is -2.39. The van der Waals surface area contributed by atoms with Gasteiger partial charge in [-0.3, -0.25) is 0 Å². The zero-order valence-electron chi connectivity index (χ0n) is 17.8. The van der Waals surface area contributed by atoms with Gasteiger partial charge in [-0.1, -0.05) is 41.5 Å². The summed E-state index contributed by atoms with van der Waals surface area (Å²) in [6.45, 7) is 18.9. The largest absolute Gasteiger partial charge is 0.314 e. The minimum Gasteiger partial charge on any atom is -0.314 e. The lowest BCUT2D eigenvalue weighted by atomic mass is 9.74. The van der Waals surface area contributed by atoms with Crippen LogP contribution in [0.15, 0.2) is 0 Å². The van der Waals surface area contributed by atoms with Crippen LogP contribution >= 0.6 is 0 Å². The number of rotatable bonds is 8. The first-order valence-corrected chi connectivity index (χ1v) is 11.1. The third kappa shape index (κ3) is 6.52. The molecular formula is C22H45N3. The van der Waals surface area contributed by atoms with Crippen LogP contribution in [-0.2, 0) is 0 Å². The van der Waals surface area contributed by atoms with E-state index in [-0.39, 0.29) is 0 Å². The number of hydrogen-bond donors (Lipinski definition) is 3. The zero-order chi connectivity index (χ0) is 18.4. The van der Waals surface area contributed by atoms with E-state index in [4.69, 9.17) is 0 Å². The van der Waals surface area contributed by atoms with Gasteiger partial charge in [0.2, 0.25) is 0 Å². The van der Waals surface area contributed by atoms with Crippen LogP contribution in [-0.4, -0.2) is 38.3 Å². The summed E-state index contributed by atoms with van der Waals surface area (Å²) in [5.41, 5.74) is 0. The van der Waals surface area contributed by atoms with E-state index in [0.717, 1.165) is 61.7 Å². The van der Waals surface area contributed by atoms with Crippen molar-refractivity contribution >= 4 is 0 Å². The molecule has 0 aromatic carbocycles. The van der Waals surface area contributed by atoms with Crippen molar-refractivity contribution in [2.24, 2.45) is 35.5 Å². The molecule has 25 heavy (non-hydrogen) atoms. The zero-order valence-corrected chi connectivity index (χ0v) is 17.8. The average molecular weight is 352 g/mol. The van der Waals surface area contributed by atoms with Crippen LogP contribution in [0.5, 0.6) is 0 Å². The first-order valence-electron chi connectivity index (χ1n) is 11.1. The second-order valence-corrected chi connectivity index (χ2v) is 9.77. The molecule has 2 rings (SSSR count). The third-order valence-corrected chi connectivity index (χ3v) is 6.91.